The van der Waals surface area contributed by atoms with Crippen LogP contribution in [0.2, 0.25) is 0 Å². The fraction of sp³-hybridized carbons (Fsp3) is 0.500. The highest BCUT2D eigenvalue weighted by Gasteiger charge is 2.38. The number of nitrogens with one attached hydrogen (secondary N) is 1. The number of carbonyl (C=O) groups excluding carboxylic acids is 2. The highest BCUT2D eigenvalue weighted by atomic mass is 32.2. The van der Waals surface area contributed by atoms with Crippen molar-refractivity contribution < 1.29 is 18.0 Å². The first-order valence-electron chi connectivity index (χ1n) is 9.02. The Morgan fingerprint density at radius 2 is 2.04 bits per heavy atom. The van der Waals surface area contributed by atoms with Crippen LogP contribution in [0.15, 0.2) is 23.1 Å². The van der Waals surface area contributed by atoms with Gasteiger partial charge < -0.3 is 10.2 Å². The number of likely N-dealkylation sites (tertiary alicyclic amines) is 1. The zero-order valence-corrected chi connectivity index (χ0v) is 16.6. The Morgan fingerprint density at radius 1 is 1.30 bits per heavy atom. The van der Waals surface area contributed by atoms with Crippen LogP contribution in [0.1, 0.15) is 32.1 Å². The summed E-state index contributed by atoms with van der Waals surface area (Å²) < 4.78 is 24.1. The average molecular weight is 408 g/mol. The molecule has 1 aromatic carbocycles. The van der Waals surface area contributed by atoms with Gasteiger partial charge in [-0.3, -0.25) is 9.59 Å². The molecule has 27 heavy (non-hydrogen) atoms. The molecule has 1 atom stereocenters. The highest BCUT2D eigenvalue weighted by molar-refractivity contribution is 7.90. The van der Waals surface area contributed by atoms with E-state index < -0.39 is 9.84 Å². The monoisotopic (exact) mass is 407 g/mol. The van der Waals surface area contributed by atoms with Crippen molar-refractivity contribution in [1.82, 2.24) is 9.88 Å². The number of benzene rings is 1. The number of aromatic nitrogens is 1. The molecule has 1 saturated carbocycles. The van der Waals surface area contributed by atoms with Gasteiger partial charge >= 0.3 is 0 Å². The van der Waals surface area contributed by atoms with Gasteiger partial charge in [-0.05, 0) is 31.0 Å². The molecule has 0 unspecified atom stereocenters. The van der Waals surface area contributed by atoms with Gasteiger partial charge in [0.05, 0.1) is 21.0 Å². The van der Waals surface area contributed by atoms with E-state index in [9.17, 15) is 18.0 Å². The first kappa shape index (κ1) is 18.4. The molecule has 0 spiro atoms. The van der Waals surface area contributed by atoms with Gasteiger partial charge in [0.2, 0.25) is 11.8 Å². The lowest BCUT2D eigenvalue weighted by Gasteiger charge is -2.23. The summed E-state index contributed by atoms with van der Waals surface area (Å²) in [4.78, 5) is 31.3. The summed E-state index contributed by atoms with van der Waals surface area (Å²) in [5.74, 6) is -0.507. The molecule has 4 rings (SSSR count). The molecule has 1 aromatic heterocycles. The Kier molecular flexibility index (Phi) is 4.67. The molecule has 2 aliphatic rings. The van der Waals surface area contributed by atoms with Crippen LogP contribution in [0.3, 0.4) is 0 Å². The van der Waals surface area contributed by atoms with Gasteiger partial charge in [0.25, 0.3) is 0 Å². The van der Waals surface area contributed by atoms with Crippen molar-refractivity contribution in [2.75, 3.05) is 18.1 Å². The van der Waals surface area contributed by atoms with Crippen LogP contribution in [0.5, 0.6) is 0 Å². The number of nitrogens with zero attached hydrogens (tertiary/aromatic N) is 2. The van der Waals surface area contributed by atoms with Crippen molar-refractivity contribution in [3.63, 3.8) is 0 Å². The van der Waals surface area contributed by atoms with Crippen LogP contribution in [-0.4, -0.2) is 49.0 Å². The number of sulfone groups is 1. The van der Waals surface area contributed by atoms with Crippen molar-refractivity contribution >= 4 is 48.3 Å². The topological polar surface area (TPSA) is 96.4 Å². The molecule has 0 radical (unpaired) electrons. The van der Waals surface area contributed by atoms with Crippen LogP contribution in [-0.2, 0) is 19.4 Å². The van der Waals surface area contributed by atoms with E-state index in [0.717, 1.165) is 31.9 Å². The molecular formula is C18H21N3O4S2. The lowest BCUT2D eigenvalue weighted by atomic mass is 10.1. The van der Waals surface area contributed by atoms with E-state index in [2.05, 4.69) is 10.3 Å². The summed E-state index contributed by atoms with van der Waals surface area (Å²) in [5.41, 5.74) is 0.637. The molecule has 1 aliphatic heterocycles. The Balaban J connectivity index is 1.47. The Bertz CT molecular complexity index is 1010. The van der Waals surface area contributed by atoms with Gasteiger partial charge in [-0.15, -0.1) is 0 Å². The number of rotatable bonds is 4. The van der Waals surface area contributed by atoms with Crippen molar-refractivity contribution in [2.24, 2.45) is 5.92 Å². The number of carbonyl (C=O) groups is 2. The SMILES string of the molecule is CS(=O)(=O)c1ccc2nc(NC(=O)[C@@H]3CC(=O)N(C4CCCC4)C3)sc2c1. The van der Waals surface area contributed by atoms with Crippen molar-refractivity contribution in [2.45, 2.75) is 43.0 Å². The third-order valence-electron chi connectivity index (χ3n) is 5.31. The fourth-order valence-electron chi connectivity index (χ4n) is 3.87. The summed E-state index contributed by atoms with van der Waals surface area (Å²) in [6, 6.07) is 5.00. The molecule has 0 bridgehead atoms. The maximum absolute atomic E-state index is 12.6. The van der Waals surface area contributed by atoms with E-state index >= 15 is 0 Å². The third kappa shape index (κ3) is 3.70. The smallest absolute Gasteiger partial charge is 0.231 e. The Labute approximate surface area is 161 Å². The average Bonchev–Trinajstić information content (AvgIpc) is 3.31. The predicted molar refractivity (Wildman–Crippen MR) is 103 cm³/mol. The van der Waals surface area contributed by atoms with Gasteiger partial charge in [-0.1, -0.05) is 24.2 Å². The zero-order valence-electron chi connectivity index (χ0n) is 15.0. The Hall–Kier alpha value is -2.00. The number of amides is 2. The third-order valence-corrected chi connectivity index (χ3v) is 7.36. The second kappa shape index (κ2) is 6.87. The standard InChI is InChI=1S/C18H21N3O4S2/c1-27(24,25)13-6-7-14-15(9-13)26-18(19-14)20-17(23)11-8-16(22)21(10-11)12-4-2-3-5-12/h6-7,9,11-12H,2-5,8,10H2,1H3,(H,19,20,23)/t11-/m1/s1. The van der Waals surface area contributed by atoms with E-state index in [1.54, 1.807) is 12.1 Å². The van der Waals surface area contributed by atoms with E-state index in [1.165, 1.54) is 17.4 Å². The highest BCUT2D eigenvalue weighted by Crippen LogP contribution is 2.31. The number of thiazole rings is 1. The van der Waals surface area contributed by atoms with E-state index in [-0.39, 0.29) is 35.1 Å². The number of hydrogen-bond donors (Lipinski definition) is 1. The van der Waals surface area contributed by atoms with Crippen molar-refractivity contribution in [3.05, 3.63) is 18.2 Å². The summed E-state index contributed by atoms with van der Waals surface area (Å²) in [6.07, 6.45) is 5.75. The normalized spacial score (nSPS) is 21.3. The molecular weight excluding hydrogens is 386 g/mol. The second-order valence-corrected chi connectivity index (χ2v) is 10.3. The molecule has 2 amide bonds. The van der Waals surface area contributed by atoms with Crippen LogP contribution >= 0.6 is 11.3 Å². The predicted octanol–water partition coefficient (Wildman–Crippen LogP) is 2.43. The van der Waals surface area contributed by atoms with Crippen LogP contribution in [0.25, 0.3) is 10.2 Å². The van der Waals surface area contributed by atoms with Crippen molar-refractivity contribution in [3.8, 4) is 0 Å². The maximum Gasteiger partial charge on any atom is 0.231 e. The number of hydrogen-bond acceptors (Lipinski definition) is 6. The van der Waals surface area contributed by atoms with Crippen LogP contribution in [0, 0.1) is 5.92 Å². The minimum Gasteiger partial charge on any atom is -0.339 e. The zero-order chi connectivity index (χ0) is 19.2. The molecule has 1 N–H and O–H groups in total. The van der Waals surface area contributed by atoms with Gasteiger partial charge in [0.15, 0.2) is 15.0 Å². The molecule has 2 aromatic rings. The van der Waals surface area contributed by atoms with E-state index in [1.807, 2.05) is 4.90 Å². The summed E-state index contributed by atoms with van der Waals surface area (Å²) in [7, 11) is -3.29. The molecule has 2 heterocycles. The number of fused-ring (bicyclic) bond motifs is 1. The minimum atomic E-state index is -3.29. The van der Waals surface area contributed by atoms with E-state index in [4.69, 9.17) is 0 Å². The second-order valence-electron chi connectivity index (χ2n) is 7.30. The summed E-state index contributed by atoms with van der Waals surface area (Å²) >= 11 is 1.24. The molecule has 144 valence electrons. The van der Waals surface area contributed by atoms with Crippen LogP contribution in [0.4, 0.5) is 5.13 Å². The first-order chi connectivity index (χ1) is 12.8. The first-order valence-corrected chi connectivity index (χ1v) is 11.7. The van der Waals surface area contributed by atoms with Gasteiger partial charge in [-0.2, -0.15) is 0 Å². The lowest BCUT2D eigenvalue weighted by molar-refractivity contribution is -0.129. The van der Waals surface area contributed by atoms with E-state index in [0.29, 0.717) is 21.9 Å². The minimum absolute atomic E-state index is 0.0594. The number of anilines is 1. The summed E-state index contributed by atoms with van der Waals surface area (Å²) in [6.45, 7) is 0.471. The molecule has 1 saturated heterocycles. The van der Waals surface area contributed by atoms with Crippen LogP contribution < -0.4 is 5.32 Å². The molecule has 7 nitrogen and oxygen atoms in total. The summed E-state index contributed by atoms with van der Waals surface area (Å²) in [5, 5.41) is 3.23. The maximum atomic E-state index is 12.6. The molecule has 1 aliphatic carbocycles. The Morgan fingerprint density at radius 3 is 2.74 bits per heavy atom. The molecule has 9 heteroatoms. The van der Waals surface area contributed by atoms with Gasteiger partial charge in [-0.25, -0.2) is 13.4 Å². The van der Waals surface area contributed by atoms with Gasteiger partial charge in [0, 0.05) is 25.3 Å². The lowest BCUT2D eigenvalue weighted by Crippen LogP contribution is -2.35. The largest absolute Gasteiger partial charge is 0.339 e. The van der Waals surface area contributed by atoms with Crippen molar-refractivity contribution in [1.29, 1.82) is 0 Å². The quantitative estimate of drug-likeness (QED) is 0.840. The molecule has 2 fully saturated rings. The fourth-order valence-corrected chi connectivity index (χ4v) is 5.50. The van der Waals surface area contributed by atoms with Gasteiger partial charge in [0.1, 0.15) is 0 Å².